The number of carbonyl (C=O) groups excluding carboxylic acids is 1. The third-order valence-electron chi connectivity index (χ3n) is 4.52. The van der Waals surface area contributed by atoms with Gasteiger partial charge >= 0.3 is 0 Å². The van der Waals surface area contributed by atoms with Crippen molar-refractivity contribution < 1.29 is 22.0 Å². The third kappa shape index (κ3) is 5.12. The first kappa shape index (κ1) is 20.4. The van der Waals surface area contributed by atoms with Gasteiger partial charge in [-0.05, 0) is 37.1 Å². The molecule has 9 heteroatoms. The molecule has 0 atom stereocenters. The highest BCUT2D eigenvalue weighted by molar-refractivity contribution is 7.89. The van der Waals surface area contributed by atoms with Gasteiger partial charge in [0, 0.05) is 24.8 Å². The molecule has 1 fully saturated rings. The summed E-state index contributed by atoms with van der Waals surface area (Å²) in [5.74, 6) is -2.40. The summed E-state index contributed by atoms with van der Waals surface area (Å²) in [4.78, 5) is 13.1. The molecule has 1 saturated heterocycles. The van der Waals surface area contributed by atoms with Crippen molar-refractivity contribution >= 4 is 21.6 Å². The maximum absolute atomic E-state index is 13.8. The summed E-state index contributed by atoms with van der Waals surface area (Å²) >= 11 is 0. The van der Waals surface area contributed by atoms with Crippen LogP contribution in [0.4, 0.5) is 14.5 Å². The van der Waals surface area contributed by atoms with Crippen molar-refractivity contribution in [1.29, 1.82) is 0 Å². The number of rotatable bonds is 6. The van der Waals surface area contributed by atoms with E-state index in [1.54, 1.807) is 12.1 Å². The van der Waals surface area contributed by atoms with Gasteiger partial charge in [0.1, 0.15) is 11.6 Å². The van der Waals surface area contributed by atoms with Crippen LogP contribution in [0.3, 0.4) is 0 Å². The lowest BCUT2D eigenvalue weighted by Gasteiger charge is -2.31. The molecule has 1 aliphatic heterocycles. The molecule has 2 aromatic rings. The fraction of sp³-hybridized carbons (Fsp3) is 0.316. The topological polar surface area (TPSA) is 78.5 Å². The van der Waals surface area contributed by atoms with Gasteiger partial charge < -0.3 is 5.32 Å². The number of likely N-dealkylation sites (tertiary alicyclic amines) is 1. The van der Waals surface area contributed by atoms with Gasteiger partial charge in [0.15, 0.2) is 4.90 Å². The van der Waals surface area contributed by atoms with Crippen molar-refractivity contribution in [3.8, 4) is 0 Å². The number of nitrogens with zero attached hydrogens (tertiary/aromatic N) is 1. The van der Waals surface area contributed by atoms with Crippen molar-refractivity contribution in [2.24, 2.45) is 0 Å². The first-order valence-corrected chi connectivity index (χ1v) is 10.4. The highest BCUT2D eigenvalue weighted by Crippen LogP contribution is 2.20. The minimum absolute atomic E-state index is 0.154. The van der Waals surface area contributed by atoms with E-state index in [1.807, 2.05) is 23.1 Å². The van der Waals surface area contributed by atoms with Crippen LogP contribution in [0.1, 0.15) is 12.8 Å². The maximum Gasteiger partial charge on any atom is 0.246 e. The average molecular weight is 409 g/mol. The number of hydrogen-bond acceptors (Lipinski definition) is 4. The minimum atomic E-state index is -4.30. The first-order valence-electron chi connectivity index (χ1n) is 8.89. The lowest BCUT2D eigenvalue weighted by atomic mass is 10.1. The molecule has 0 bridgehead atoms. The number of anilines is 1. The summed E-state index contributed by atoms with van der Waals surface area (Å²) in [6.45, 7) is 1.18. The fourth-order valence-corrected chi connectivity index (χ4v) is 4.59. The molecule has 1 amide bonds. The molecule has 28 heavy (non-hydrogen) atoms. The zero-order valence-electron chi connectivity index (χ0n) is 15.1. The van der Waals surface area contributed by atoms with Gasteiger partial charge in [0.25, 0.3) is 0 Å². The Hall–Kier alpha value is -2.36. The lowest BCUT2D eigenvalue weighted by molar-refractivity contribution is -0.117. The highest BCUT2D eigenvalue weighted by Gasteiger charge is 2.29. The van der Waals surface area contributed by atoms with Crippen LogP contribution < -0.4 is 10.0 Å². The van der Waals surface area contributed by atoms with Crippen LogP contribution in [0.2, 0.25) is 0 Å². The number of para-hydroxylation sites is 1. The van der Waals surface area contributed by atoms with Crippen molar-refractivity contribution in [2.75, 3.05) is 25.0 Å². The van der Waals surface area contributed by atoms with Gasteiger partial charge in [-0.15, -0.1) is 0 Å². The third-order valence-corrected chi connectivity index (χ3v) is 6.09. The quantitative estimate of drug-likeness (QED) is 0.768. The Labute approximate surface area is 162 Å². The van der Waals surface area contributed by atoms with Crippen LogP contribution in [-0.4, -0.2) is 44.9 Å². The minimum Gasteiger partial charge on any atom is -0.325 e. The van der Waals surface area contributed by atoms with Gasteiger partial charge in [-0.25, -0.2) is 21.9 Å². The molecule has 0 spiro atoms. The number of piperidine rings is 1. The largest absolute Gasteiger partial charge is 0.325 e. The molecule has 0 aliphatic carbocycles. The van der Waals surface area contributed by atoms with E-state index in [1.165, 1.54) is 0 Å². The van der Waals surface area contributed by atoms with E-state index in [9.17, 15) is 22.0 Å². The van der Waals surface area contributed by atoms with Crippen molar-refractivity contribution in [3.05, 3.63) is 60.2 Å². The summed E-state index contributed by atoms with van der Waals surface area (Å²) in [7, 11) is -4.30. The Kier molecular flexibility index (Phi) is 6.38. The molecule has 150 valence electrons. The van der Waals surface area contributed by atoms with Crippen LogP contribution in [0, 0.1) is 11.6 Å². The molecule has 0 radical (unpaired) electrons. The second-order valence-electron chi connectivity index (χ2n) is 6.64. The molecule has 6 nitrogen and oxygen atoms in total. The van der Waals surface area contributed by atoms with E-state index in [0.29, 0.717) is 31.6 Å². The van der Waals surface area contributed by atoms with Crippen LogP contribution in [0.5, 0.6) is 0 Å². The summed E-state index contributed by atoms with van der Waals surface area (Å²) in [5, 5.41) is 2.80. The van der Waals surface area contributed by atoms with Crippen molar-refractivity contribution in [2.45, 2.75) is 23.8 Å². The molecule has 3 rings (SSSR count). The second-order valence-corrected chi connectivity index (χ2v) is 8.29. The zero-order valence-corrected chi connectivity index (χ0v) is 15.9. The summed E-state index contributed by atoms with van der Waals surface area (Å²) in [6.07, 6.45) is 0.877. The predicted octanol–water partition coefficient (Wildman–Crippen LogP) is 2.35. The van der Waals surface area contributed by atoms with Gasteiger partial charge in [-0.2, -0.15) is 0 Å². The van der Waals surface area contributed by atoms with Crippen LogP contribution >= 0.6 is 0 Å². The Morgan fingerprint density at radius 2 is 1.61 bits per heavy atom. The van der Waals surface area contributed by atoms with E-state index in [4.69, 9.17) is 0 Å². The van der Waals surface area contributed by atoms with E-state index in [-0.39, 0.29) is 12.5 Å². The Bertz CT molecular complexity index is 910. The van der Waals surface area contributed by atoms with Crippen LogP contribution in [0.15, 0.2) is 53.4 Å². The Balaban J connectivity index is 1.52. The molecular formula is C19H21F2N3O3S. The van der Waals surface area contributed by atoms with Crippen LogP contribution in [-0.2, 0) is 14.8 Å². The van der Waals surface area contributed by atoms with E-state index < -0.39 is 32.6 Å². The molecule has 1 heterocycles. The number of benzene rings is 2. The van der Waals surface area contributed by atoms with E-state index in [0.717, 1.165) is 18.2 Å². The number of sulfonamides is 1. The number of amides is 1. The molecular weight excluding hydrogens is 388 g/mol. The number of nitrogens with one attached hydrogen (secondary N) is 2. The summed E-state index contributed by atoms with van der Waals surface area (Å²) < 4.78 is 54.6. The molecule has 0 aromatic heterocycles. The number of halogens is 2. The van der Waals surface area contributed by atoms with Crippen molar-refractivity contribution in [3.63, 3.8) is 0 Å². The standard InChI is InChI=1S/C19H21F2N3O3S/c20-16-7-4-8-17(21)19(16)28(26,27)23-15-9-11-24(12-10-15)13-18(25)22-14-5-2-1-3-6-14/h1-8,15,23H,9-13H2,(H,22,25). The van der Waals surface area contributed by atoms with Crippen LogP contribution in [0.25, 0.3) is 0 Å². The molecule has 0 unspecified atom stereocenters. The van der Waals surface area contributed by atoms with Gasteiger partial charge in [0.05, 0.1) is 6.54 Å². The normalized spacial score (nSPS) is 16.1. The summed E-state index contributed by atoms with van der Waals surface area (Å²) in [5.41, 5.74) is 0.710. The van der Waals surface area contributed by atoms with Gasteiger partial charge in [-0.1, -0.05) is 24.3 Å². The van der Waals surface area contributed by atoms with Gasteiger partial charge in [-0.3, -0.25) is 9.69 Å². The van der Waals surface area contributed by atoms with Crippen molar-refractivity contribution in [1.82, 2.24) is 9.62 Å². The first-order chi connectivity index (χ1) is 13.3. The fourth-order valence-electron chi connectivity index (χ4n) is 3.15. The second kappa shape index (κ2) is 8.76. The van der Waals surface area contributed by atoms with E-state index >= 15 is 0 Å². The maximum atomic E-state index is 13.8. The number of hydrogen-bond donors (Lipinski definition) is 2. The molecule has 2 N–H and O–H groups in total. The SMILES string of the molecule is O=C(CN1CCC(NS(=O)(=O)c2c(F)cccc2F)CC1)Nc1ccccc1. The molecule has 1 aliphatic rings. The molecule has 0 saturated carbocycles. The predicted molar refractivity (Wildman–Crippen MR) is 101 cm³/mol. The average Bonchev–Trinajstić information content (AvgIpc) is 2.63. The number of carbonyl (C=O) groups is 1. The van der Waals surface area contributed by atoms with Gasteiger partial charge in [0.2, 0.25) is 15.9 Å². The Morgan fingerprint density at radius 3 is 2.21 bits per heavy atom. The zero-order chi connectivity index (χ0) is 20.1. The molecule has 2 aromatic carbocycles. The highest BCUT2D eigenvalue weighted by atomic mass is 32.2. The summed E-state index contributed by atoms with van der Waals surface area (Å²) in [6, 6.07) is 11.6. The smallest absolute Gasteiger partial charge is 0.246 e. The Morgan fingerprint density at radius 1 is 1.00 bits per heavy atom. The van der Waals surface area contributed by atoms with E-state index in [2.05, 4.69) is 10.0 Å². The monoisotopic (exact) mass is 409 g/mol. The lowest BCUT2D eigenvalue weighted by Crippen LogP contribution is -2.46.